The topological polar surface area (TPSA) is 136 Å². The molecule has 8 nitrogen and oxygen atoms in total. The van der Waals surface area contributed by atoms with Gasteiger partial charge in [-0.25, -0.2) is 4.79 Å². The van der Waals surface area contributed by atoms with Gasteiger partial charge in [-0.3, -0.25) is 9.89 Å². The van der Waals surface area contributed by atoms with Crippen LogP contribution in [0.4, 0.5) is 10.7 Å². The lowest BCUT2D eigenvalue weighted by Crippen LogP contribution is -2.13. The Balaban J connectivity index is 2.40. The second-order valence-electron chi connectivity index (χ2n) is 4.30. The van der Waals surface area contributed by atoms with Crippen LogP contribution in [0.1, 0.15) is 38.6 Å². The fraction of sp³-hybridized carbons (Fsp3) is 0.250. The Labute approximate surface area is 124 Å². The Morgan fingerprint density at radius 2 is 2.24 bits per heavy atom. The first-order valence-corrected chi connectivity index (χ1v) is 6.83. The van der Waals surface area contributed by atoms with Crippen LogP contribution in [-0.2, 0) is 4.74 Å². The van der Waals surface area contributed by atoms with Crippen molar-refractivity contribution in [2.75, 3.05) is 18.2 Å². The van der Waals surface area contributed by atoms with Gasteiger partial charge in [-0.2, -0.15) is 5.10 Å². The van der Waals surface area contributed by atoms with Gasteiger partial charge >= 0.3 is 5.97 Å². The van der Waals surface area contributed by atoms with Gasteiger partial charge in [0.2, 0.25) is 0 Å². The zero-order valence-corrected chi connectivity index (χ0v) is 12.3. The van der Waals surface area contributed by atoms with E-state index in [2.05, 4.69) is 15.5 Å². The van der Waals surface area contributed by atoms with Gasteiger partial charge in [-0.15, -0.1) is 11.3 Å². The summed E-state index contributed by atoms with van der Waals surface area (Å²) in [5.74, 6) is -1.31. The van der Waals surface area contributed by atoms with Crippen molar-refractivity contribution < 1.29 is 14.3 Å². The Kier molecular flexibility index (Phi) is 4.13. The number of anilines is 2. The number of hydrogen-bond donors (Lipinski definition) is 4. The molecule has 0 spiro atoms. The monoisotopic (exact) mass is 309 g/mol. The maximum atomic E-state index is 11.9. The number of aromatic amines is 1. The number of amides is 1. The van der Waals surface area contributed by atoms with Crippen LogP contribution >= 0.6 is 11.3 Å². The largest absolute Gasteiger partial charge is 0.465 e. The molecule has 112 valence electrons. The molecule has 1 amide bonds. The molecule has 0 aromatic carbocycles. The van der Waals surface area contributed by atoms with E-state index in [0.717, 1.165) is 16.9 Å². The summed E-state index contributed by atoms with van der Waals surface area (Å²) in [5, 5.41) is 10.1. The van der Waals surface area contributed by atoms with E-state index in [1.165, 1.54) is 7.11 Å². The Morgan fingerprint density at radius 3 is 2.76 bits per heavy atom. The highest BCUT2D eigenvalue weighted by Gasteiger charge is 2.26. The summed E-state index contributed by atoms with van der Waals surface area (Å²) in [4.78, 5) is 23.3. The molecule has 2 aromatic rings. The minimum Gasteiger partial charge on any atom is -0.465 e. The molecule has 1 unspecified atom stereocenters. The van der Waals surface area contributed by atoms with Crippen LogP contribution in [0, 0.1) is 0 Å². The normalized spacial score (nSPS) is 11.9. The number of nitrogen functional groups attached to an aromatic ring is 1. The summed E-state index contributed by atoms with van der Waals surface area (Å²) in [6.07, 6.45) is 3.38. The number of nitrogens with one attached hydrogen (secondary N) is 2. The van der Waals surface area contributed by atoms with Crippen molar-refractivity contribution in [1.29, 1.82) is 0 Å². The number of aromatic nitrogens is 2. The summed E-state index contributed by atoms with van der Waals surface area (Å²) < 4.78 is 4.70. The van der Waals surface area contributed by atoms with Gasteiger partial charge in [-0.05, 0) is 6.92 Å². The second-order valence-corrected chi connectivity index (χ2v) is 5.32. The standard InChI is InChI=1S/C12H15N5O3S/c1-5(6-3-15-16-4-6)17-11-7(12(19)20-2)8(13)9(21-11)10(14)18/h3-5,17H,13H2,1-2H3,(H2,14,18)(H,15,16). The van der Waals surface area contributed by atoms with Crippen LogP contribution in [0.3, 0.4) is 0 Å². The quantitative estimate of drug-likeness (QED) is 0.611. The molecule has 2 aromatic heterocycles. The Morgan fingerprint density at radius 1 is 1.52 bits per heavy atom. The number of carbonyl (C=O) groups is 2. The Bertz CT molecular complexity index is 665. The maximum absolute atomic E-state index is 11.9. The summed E-state index contributed by atoms with van der Waals surface area (Å²) in [7, 11) is 1.24. The van der Waals surface area contributed by atoms with E-state index < -0.39 is 11.9 Å². The average Bonchev–Trinajstić information content (AvgIpc) is 3.06. The molecule has 0 saturated heterocycles. The number of esters is 1. The molecule has 0 bridgehead atoms. The molecule has 9 heteroatoms. The predicted octanol–water partition coefficient (Wildman–Crippen LogP) is 1.11. The number of ether oxygens (including phenoxy) is 1. The first-order chi connectivity index (χ1) is 9.95. The van der Waals surface area contributed by atoms with Gasteiger partial charge in [-0.1, -0.05) is 0 Å². The number of hydrogen-bond acceptors (Lipinski definition) is 7. The molecule has 6 N–H and O–H groups in total. The lowest BCUT2D eigenvalue weighted by atomic mass is 10.2. The van der Waals surface area contributed by atoms with E-state index in [1.807, 2.05) is 6.92 Å². The van der Waals surface area contributed by atoms with Gasteiger partial charge in [0.1, 0.15) is 15.4 Å². The molecule has 0 fully saturated rings. The number of methoxy groups -OCH3 is 1. The lowest BCUT2D eigenvalue weighted by molar-refractivity contribution is 0.0603. The number of thiophene rings is 1. The highest BCUT2D eigenvalue weighted by molar-refractivity contribution is 7.19. The molecule has 0 aliphatic rings. The molecule has 0 aliphatic carbocycles. The van der Waals surface area contributed by atoms with E-state index in [0.29, 0.717) is 5.00 Å². The van der Waals surface area contributed by atoms with Crippen molar-refractivity contribution in [3.63, 3.8) is 0 Å². The van der Waals surface area contributed by atoms with Crippen molar-refractivity contribution in [2.45, 2.75) is 13.0 Å². The first kappa shape index (κ1) is 14.9. The van der Waals surface area contributed by atoms with Crippen LogP contribution in [-0.4, -0.2) is 29.2 Å². The van der Waals surface area contributed by atoms with Crippen molar-refractivity contribution in [2.24, 2.45) is 5.73 Å². The SMILES string of the molecule is COC(=O)c1c(NC(C)c2cn[nH]c2)sc(C(N)=O)c1N. The molecular formula is C12H15N5O3S. The van der Waals surface area contributed by atoms with Crippen LogP contribution in [0.25, 0.3) is 0 Å². The smallest absolute Gasteiger partial charge is 0.343 e. The number of nitrogens with zero attached hydrogens (tertiary/aromatic N) is 1. The number of H-pyrrole nitrogens is 1. The van der Waals surface area contributed by atoms with Crippen LogP contribution in [0.5, 0.6) is 0 Å². The van der Waals surface area contributed by atoms with E-state index >= 15 is 0 Å². The molecule has 2 rings (SSSR count). The van der Waals surface area contributed by atoms with Crippen molar-refractivity contribution in [3.05, 3.63) is 28.4 Å². The summed E-state index contributed by atoms with van der Waals surface area (Å²) >= 11 is 1.02. The summed E-state index contributed by atoms with van der Waals surface area (Å²) in [6, 6.07) is -0.147. The maximum Gasteiger partial charge on any atom is 0.343 e. The molecular weight excluding hydrogens is 294 g/mol. The van der Waals surface area contributed by atoms with Crippen molar-refractivity contribution in [3.8, 4) is 0 Å². The van der Waals surface area contributed by atoms with Crippen molar-refractivity contribution in [1.82, 2.24) is 10.2 Å². The zero-order valence-electron chi connectivity index (χ0n) is 11.5. The summed E-state index contributed by atoms with van der Waals surface area (Å²) in [5.41, 5.74) is 12.1. The zero-order chi connectivity index (χ0) is 15.6. The van der Waals surface area contributed by atoms with Gasteiger partial charge in [0.05, 0.1) is 25.0 Å². The number of nitrogens with two attached hydrogens (primary N) is 2. The minimum atomic E-state index is -0.688. The van der Waals surface area contributed by atoms with Crippen LogP contribution in [0.15, 0.2) is 12.4 Å². The molecule has 1 atom stereocenters. The Hall–Kier alpha value is -2.55. The fourth-order valence-corrected chi connectivity index (χ4v) is 2.86. The molecule has 2 heterocycles. The van der Waals surface area contributed by atoms with Crippen LogP contribution < -0.4 is 16.8 Å². The highest BCUT2D eigenvalue weighted by Crippen LogP contribution is 2.37. The van der Waals surface area contributed by atoms with E-state index in [1.54, 1.807) is 12.4 Å². The number of primary amides is 1. The van der Waals surface area contributed by atoms with Gasteiger partial charge in [0, 0.05) is 11.8 Å². The molecule has 0 radical (unpaired) electrons. The van der Waals surface area contributed by atoms with Gasteiger partial charge in [0.15, 0.2) is 0 Å². The van der Waals surface area contributed by atoms with Gasteiger partial charge < -0.3 is 21.5 Å². The highest BCUT2D eigenvalue weighted by atomic mass is 32.1. The van der Waals surface area contributed by atoms with Crippen molar-refractivity contribution >= 4 is 33.9 Å². The second kappa shape index (κ2) is 5.83. The van der Waals surface area contributed by atoms with Gasteiger partial charge in [0.25, 0.3) is 5.91 Å². The minimum absolute atomic E-state index is 0.0289. The summed E-state index contributed by atoms with van der Waals surface area (Å²) in [6.45, 7) is 1.88. The predicted molar refractivity (Wildman–Crippen MR) is 79.2 cm³/mol. The number of carbonyl (C=O) groups excluding carboxylic acids is 2. The van der Waals surface area contributed by atoms with E-state index in [-0.39, 0.29) is 22.2 Å². The lowest BCUT2D eigenvalue weighted by Gasteiger charge is -2.13. The molecule has 21 heavy (non-hydrogen) atoms. The molecule has 0 aliphatic heterocycles. The fourth-order valence-electron chi connectivity index (χ4n) is 1.81. The average molecular weight is 309 g/mol. The first-order valence-electron chi connectivity index (χ1n) is 6.01. The third kappa shape index (κ3) is 2.82. The third-order valence-electron chi connectivity index (χ3n) is 2.93. The molecule has 0 saturated carbocycles. The third-order valence-corrected chi connectivity index (χ3v) is 4.08. The van der Waals surface area contributed by atoms with E-state index in [4.69, 9.17) is 16.2 Å². The van der Waals surface area contributed by atoms with E-state index in [9.17, 15) is 9.59 Å². The number of rotatable bonds is 5. The van der Waals surface area contributed by atoms with Crippen LogP contribution in [0.2, 0.25) is 0 Å².